The summed E-state index contributed by atoms with van der Waals surface area (Å²) in [6.07, 6.45) is 2.43. The van der Waals surface area contributed by atoms with Crippen molar-refractivity contribution >= 4 is 23.1 Å². The SMILES string of the molecule is Fc1ccc(N(F)c2ccncn2)c(Cl)c1F. The monoisotopic (exact) mass is 259 g/mol. The van der Waals surface area contributed by atoms with E-state index in [2.05, 4.69) is 9.97 Å². The maximum atomic E-state index is 13.8. The smallest absolute Gasteiger partial charge is 0.179 e. The van der Waals surface area contributed by atoms with Gasteiger partial charge >= 0.3 is 0 Å². The van der Waals surface area contributed by atoms with E-state index in [1.165, 1.54) is 12.3 Å². The first-order chi connectivity index (χ1) is 8.11. The molecule has 0 radical (unpaired) electrons. The van der Waals surface area contributed by atoms with E-state index in [1.807, 2.05) is 0 Å². The van der Waals surface area contributed by atoms with Gasteiger partial charge in [-0.25, -0.2) is 18.7 Å². The summed E-state index contributed by atoms with van der Waals surface area (Å²) in [6, 6.07) is 3.06. The van der Waals surface area contributed by atoms with Crippen LogP contribution in [0.3, 0.4) is 0 Å². The average Bonchev–Trinajstić information content (AvgIpc) is 2.36. The van der Waals surface area contributed by atoms with Crippen molar-refractivity contribution in [1.82, 2.24) is 9.97 Å². The van der Waals surface area contributed by atoms with E-state index in [9.17, 15) is 13.3 Å². The van der Waals surface area contributed by atoms with Crippen LogP contribution in [-0.2, 0) is 0 Å². The van der Waals surface area contributed by atoms with Crippen LogP contribution in [0.5, 0.6) is 0 Å². The summed E-state index contributed by atoms with van der Waals surface area (Å²) in [5.41, 5.74) is -0.329. The Hall–Kier alpha value is -1.82. The Kier molecular flexibility index (Phi) is 3.14. The molecule has 0 N–H and O–H groups in total. The second-order valence-electron chi connectivity index (χ2n) is 3.04. The zero-order valence-electron chi connectivity index (χ0n) is 8.24. The number of hydrogen-bond donors (Lipinski definition) is 0. The van der Waals surface area contributed by atoms with Gasteiger partial charge in [-0.15, -0.1) is 0 Å². The van der Waals surface area contributed by atoms with Gasteiger partial charge in [-0.2, -0.15) is 5.12 Å². The van der Waals surface area contributed by atoms with Gasteiger partial charge in [-0.3, -0.25) is 0 Å². The topological polar surface area (TPSA) is 29.0 Å². The quantitative estimate of drug-likeness (QED) is 0.611. The van der Waals surface area contributed by atoms with E-state index in [-0.39, 0.29) is 16.6 Å². The van der Waals surface area contributed by atoms with E-state index in [0.29, 0.717) is 0 Å². The van der Waals surface area contributed by atoms with Crippen molar-refractivity contribution in [3.05, 3.63) is 47.4 Å². The van der Waals surface area contributed by atoms with E-state index in [0.717, 1.165) is 18.5 Å². The van der Waals surface area contributed by atoms with Crippen molar-refractivity contribution in [3.8, 4) is 0 Å². The Morgan fingerprint density at radius 2 is 1.94 bits per heavy atom. The van der Waals surface area contributed by atoms with E-state index in [1.54, 1.807) is 0 Å². The minimum atomic E-state index is -1.30. The molecule has 17 heavy (non-hydrogen) atoms. The zero-order chi connectivity index (χ0) is 12.4. The molecule has 0 bridgehead atoms. The minimum Gasteiger partial charge on any atom is -0.245 e. The number of benzene rings is 1. The highest BCUT2D eigenvalue weighted by atomic mass is 35.5. The van der Waals surface area contributed by atoms with Crippen molar-refractivity contribution < 1.29 is 13.3 Å². The molecule has 0 aliphatic heterocycles. The van der Waals surface area contributed by atoms with Gasteiger partial charge < -0.3 is 0 Å². The fraction of sp³-hybridized carbons (Fsp3) is 0. The lowest BCUT2D eigenvalue weighted by molar-refractivity contribution is 0.486. The molecule has 7 heteroatoms. The molecule has 2 aromatic rings. The summed E-state index contributed by atoms with van der Waals surface area (Å²) < 4.78 is 39.7. The number of hydrogen-bond acceptors (Lipinski definition) is 3. The lowest BCUT2D eigenvalue weighted by atomic mass is 10.3. The number of aromatic nitrogens is 2. The lowest BCUT2D eigenvalue weighted by Gasteiger charge is -2.14. The molecule has 1 aromatic carbocycles. The van der Waals surface area contributed by atoms with Gasteiger partial charge in [0.2, 0.25) is 0 Å². The van der Waals surface area contributed by atoms with Crippen LogP contribution < -0.4 is 5.12 Å². The molecule has 1 heterocycles. The predicted molar refractivity (Wildman–Crippen MR) is 56.6 cm³/mol. The molecule has 3 nitrogen and oxygen atoms in total. The fourth-order valence-electron chi connectivity index (χ4n) is 1.19. The standard InChI is InChI=1S/C10H5ClF3N3/c11-9-7(2-1-6(12)10(9)13)17(14)8-3-4-15-5-16-8/h1-5H. The molecule has 0 unspecified atom stereocenters. The summed E-state index contributed by atoms with van der Waals surface area (Å²) in [7, 11) is 0. The van der Waals surface area contributed by atoms with Gasteiger partial charge in [0, 0.05) is 12.3 Å². The Balaban J connectivity index is 2.45. The van der Waals surface area contributed by atoms with Crippen LogP contribution in [0.1, 0.15) is 0 Å². The Labute approximate surface area is 99.4 Å². The maximum Gasteiger partial charge on any atom is 0.179 e. The van der Waals surface area contributed by atoms with Gasteiger partial charge in [-0.05, 0) is 12.1 Å². The van der Waals surface area contributed by atoms with Crippen LogP contribution >= 0.6 is 11.6 Å². The fourth-order valence-corrected chi connectivity index (χ4v) is 1.42. The van der Waals surface area contributed by atoms with Crippen LogP contribution in [-0.4, -0.2) is 9.97 Å². The lowest BCUT2D eigenvalue weighted by Crippen LogP contribution is -2.07. The Morgan fingerprint density at radius 3 is 2.59 bits per heavy atom. The highest BCUT2D eigenvalue weighted by Crippen LogP contribution is 2.33. The Bertz CT molecular complexity index is 536. The van der Waals surface area contributed by atoms with Crippen LogP contribution in [0.15, 0.2) is 30.7 Å². The van der Waals surface area contributed by atoms with Gasteiger partial charge in [0.05, 0.1) is 5.69 Å². The molecule has 0 spiro atoms. The molecule has 1 aromatic heterocycles. The minimum absolute atomic E-state index is 0.0481. The normalized spacial score (nSPS) is 10.4. The van der Waals surface area contributed by atoms with E-state index >= 15 is 0 Å². The van der Waals surface area contributed by atoms with E-state index < -0.39 is 16.7 Å². The molecule has 0 fully saturated rings. The second-order valence-corrected chi connectivity index (χ2v) is 3.42. The first kappa shape index (κ1) is 11.7. The first-order valence-corrected chi connectivity index (χ1v) is 4.84. The molecule has 0 aliphatic carbocycles. The summed E-state index contributed by atoms with van der Waals surface area (Å²) in [5.74, 6) is -2.58. The maximum absolute atomic E-state index is 13.8. The highest BCUT2D eigenvalue weighted by molar-refractivity contribution is 6.33. The average molecular weight is 260 g/mol. The van der Waals surface area contributed by atoms with Gasteiger partial charge in [0.25, 0.3) is 0 Å². The molecular formula is C10H5ClF3N3. The van der Waals surface area contributed by atoms with Crippen molar-refractivity contribution in [1.29, 1.82) is 0 Å². The van der Waals surface area contributed by atoms with Crippen molar-refractivity contribution in [3.63, 3.8) is 0 Å². The molecule has 0 saturated heterocycles. The van der Waals surface area contributed by atoms with Crippen molar-refractivity contribution in [2.75, 3.05) is 5.12 Å². The molecular weight excluding hydrogens is 255 g/mol. The highest BCUT2D eigenvalue weighted by Gasteiger charge is 2.18. The summed E-state index contributed by atoms with van der Waals surface area (Å²) in [4.78, 5) is 7.22. The molecule has 0 atom stereocenters. The number of anilines is 2. The van der Waals surface area contributed by atoms with Crippen molar-refractivity contribution in [2.24, 2.45) is 0 Å². The van der Waals surface area contributed by atoms with Crippen LogP contribution in [0.2, 0.25) is 5.02 Å². The van der Waals surface area contributed by atoms with Crippen LogP contribution in [0.4, 0.5) is 24.8 Å². The Morgan fingerprint density at radius 1 is 1.18 bits per heavy atom. The third-order valence-corrected chi connectivity index (χ3v) is 2.35. The number of nitrogens with zero attached hydrogens (tertiary/aromatic N) is 3. The zero-order valence-corrected chi connectivity index (χ0v) is 9.00. The van der Waals surface area contributed by atoms with Gasteiger partial charge in [0.1, 0.15) is 11.3 Å². The summed E-state index contributed by atoms with van der Waals surface area (Å²) in [5, 5.41) is -0.599. The molecule has 0 amide bonds. The van der Waals surface area contributed by atoms with E-state index in [4.69, 9.17) is 11.6 Å². The third kappa shape index (κ3) is 2.16. The number of rotatable bonds is 2. The predicted octanol–water partition coefficient (Wildman–Crippen LogP) is 3.43. The summed E-state index contributed by atoms with van der Waals surface area (Å²) in [6.45, 7) is 0. The molecule has 2 rings (SSSR count). The first-order valence-electron chi connectivity index (χ1n) is 4.46. The number of halogens is 4. The third-order valence-electron chi connectivity index (χ3n) is 1.99. The summed E-state index contributed by atoms with van der Waals surface area (Å²) >= 11 is 5.50. The van der Waals surface area contributed by atoms with Crippen LogP contribution in [0.25, 0.3) is 0 Å². The van der Waals surface area contributed by atoms with Crippen molar-refractivity contribution in [2.45, 2.75) is 0 Å². The molecule has 0 aliphatic rings. The largest absolute Gasteiger partial charge is 0.245 e. The molecule has 88 valence electrons. The van der Waals surface area contributed by atoms with Crippen LogP contribution in [0, 0.1) is 11.6 Å². The van der Waals surface area contributed by atoms with Gasteiger partial charge in [0.15, 0.2) is 17.5 Å². The van der Waals surface area contributed by atoms with Gasteiger partial charge in [-0.1, -0.05) is 16.1 Å². The second kappa shape index (κ2) is 4.58. The molecule has 0 saturated carbocycles.